The zero-order valence-electron chi connectivity index (χ0n) is 10.9. The molecule has 0 unspecified atom stereocenters. The molecule has 1 N–H and O–H groups in total. The summed E-state index contributed by atoms with van der Waals surface area (Å²) in [5.41, 5.74) is 0.365. The minimum Gasteiger partial charge on any atom is -0.311 e. The van der Waals surface area contributed by atoms with Crippen molar-refractivity contribution in [1.82, 2.24) is 5.32 Å². The number of aryl methyl sites for hydroxylation is 1. The largest absolute Gasteiger partial charge is 0.311 e. The third-order valence-corrected chi connectivity index (χ3v) is 5.49. The van der Waals surface area contributed by atoms with Crippen LogP contribution in [0.15, 0.2) is 10.5 Å². The monoisotopic (exact) mass is 303 g/mol. The molecule has 0 saturated heterocycles. The molecule has 1 aromatic heterocycles. The Morgan fingerprint density at radius 3 is 2.50 bits per heavy atom. The van der Waals surface area contributed by atoms with E-state index in [-0.39, 0.29) is 0 Å². The number of halogens is 1. The summed E-state index contributed by atoms with van der Waals surface area (Å²) < 4.78 is 1.23. The van der Waals surface area contributed by atoms with Crippen LogP contribution >= 0.6 is 27.3 Å². The van der Waals surface area contributed by atoms with Crippen molar-refractivity contribution in [3.8, 4) is 0 Å². The van der Waals surface area contributed by atoms with Crippen molar-refractivity contribution in [2.24, 2.45) is 11.3 Å². The van der Waals surface area contributed by atoms with Crippen LogP contribution in [0.4, 0.5) is 0 Å². The third-order valence-electron chi connectivity index (χ3n) is 3.35. The van der Waals surface area contributed by atoms with Gasteiger partial charge in [0.25, 0.3) is 0 Å². The highest BCUT2D eigenvalue weighted by atomic mass is 79.9. The van der Waals surface area contributed by atoms with Gasteiger partial charge in [-0.05, 0) is 40.3 Å². The molecule has 0 radical (unpaired) electrons. The maximum atomic E-state index is 3.55. The summed E-state index contributed by atoms with van der Waals surface area (Å²) in [6.45, 7) is 13.4. The molecule has 1 rings (SSSR count). The molecular weight excluding hydrogens is 282 g/mol. The van der Waals surface area contributed by atoms with Crippen molar-refractivity contribution in [2.75, 3.05) is 6.54 Å². The van der Waals surface area contributed by atoms with E-state index in [9.17, 15) is 0 Å². The Hall–Kier alpha value is 0.140. The maximum Gasteiger partial charge on any atom is 0.0314 e. The molecule has 16 heavy (non-hydrogen) atoms. The zero-order chi connectivity index (χ0) is 12.3. The van der Waals surface area contributed by atoms with E-state index in [4.69, 9.17) is 0 Å². The fraction of sp³-hybridized carbons (Fsp3) is 0.692. The molecule has 1 nitrogen and oxygen atoms in total. The van der Waals surface area contributed by atoms with Gasteiger partial charge in [-0.1, -0.05) is 27.7 Å². The van der Waals surface area contributed by atoms with Gasteiger partial charge in [0.05, 0.1) is 0 Å². The van der Waals surface area contributed by atoms with Gasteiger partial charge in [0.2, 0.25) is 0 Å². The Bertz CT molecular complexity index is 322. The molecule has 0 aliphatic rings. The lowest BCUT2D eigenvalue weighted by atomic mass is 9.81. The van der Waals surface area contributed by atoms with Crippen LogP contribution in [-0.2, 0) is 6.54 Å². The van der Waals surface area contributed by atoms with Gasteiger partial charge in [-0.15, -0.1) is 11.3 Å². The lowest BCUT2D eigenvalue weighted by Gasteiger charge is -2.29. The lowest BCUT2D eigenvalue weighted by molar-refractivity contribution is 0.238. The summed E-state index contributed by atoms with van der Waals surface area (Å²) in [7, 11) is 0. The number of hydrogen-bond acceptors (Lipinski definition) is 2. The van der Waals surface area contributed by atoms with E-state index in [2.05, 4.69) is 61.9 Å². The van der Waals surface area contributed by atoms with Crippen molar-refractivity contribution in [3.63, 3.8) is 0 Å². The molecule has 0 spiro atoms. The van der Waals surface area contributed by atoms with Crippen LogP contribution in [-0.4, -0.2) is 6.54 Å². The Kier molecular flexibility index (Phi) is 5.02. The van der Waals surface area contributed by atoms with E-state index in [0.29, 0.717) is 11.3 Å². The second-order valence-corrected chi connectivity index (χ2v) is 7.56. The second-order valence-electron chi connectivity index (χ2n) is 5.36. The molecule has 0 saturated carbocycles. The van der Waals surface area contributed by atoms with Crippen LogP contribution in [0.5, 0.6) is 0 Å². The molecule has 0 aliphatic carbocycles. The van der Waals surface area contributed by atoms with Crippen LogP contribution in [0.1, 0.15) is 37.4 Å². The molecule has 0 aromatic carbocycles. The van der Waals surface area contributed by atoms with Crippen molar-refractivity contribution in [1.29, 1.82) is 0 Å². The number of thiophene rings is 1. The molecule has 1 heterocycles. The lowest BCUT2D eigenvalue weighted by Crippen LogP contribution is -2.32. The Morgan fingerprint density at radius 1 is 1.44 bits per heavy atom. The van der Waals surface area contributed by atoms with Crippen molar-refractivity contribution in [2.45, 2.75) is 41.2 Å². The average molecular weight is 304 g/mol. The molecule has 0 atom stereocenters. The first-order valence-electron chi connectivity index (χ1n) is 5.78. The van der Waals surface area contributed by atoms with Crippen LogP contribution in [0.3, 0.4) is 0 Å². The topological polar surface area (TPSA) is 12.0 Å². The molecular formula is C13H22BrNS. The number of rotatable bonds is 5. The molecule has 92 valence electrons. The van der Waals surface area contributed by atoms with Gasteiger partial charge in [-0.2, -0.15) is 0 Å². The maximum absolute atomic E-state index is 3.55. The first kappa shape index (κ1) is 14.2. The highest BCUT2D eigenvalue weighted by Gasteiger charge is 2.21. The fourth-order valence-corrected chi connectivity index (χ4v) is 2.89. The zero-order valence-corrected chi connectivity index (χ0v) is 13.3. The first-order chi connectivity index (χ1) is 7.33. The molecule has 0 fully saturated rings. The quantitative estimate of drug-likeness (QED) is 0.839. The average Bonchev–Trinajstić information content (AvgIpc) is 2.45. The first-order valence-corrected chi connectivity index (χ1v) is 7.39. The highest BCUT2D eigenvalue weighted by Crippen LogP contribution is 2.27. The van der Waals surface area contributed by atoms with Crippen molar-refractivity contribution in [3.05, 3.63) is 20.3 Å². The van der Waals surface area contributed by atoms with Crippen LogP contribution < -0.4 is 5.32 Å². The van der Waals surface area contributed by atoms with E-state index in [0.717, 1.165) is 13.1 Å². The number of hydrogen-bond donors (Lipinski definition) is 1. The van der Waals surface area contributed by atoms with E-state index in [1.54, 1.807) is 0 Å². The van der Waals surface area contributed by atoms with Gasteiger partial charge in [0.15, 0.2) is 0 Å². The second kappa shape index (κ2) is 5.65. The molecule has 0 amide bonds. The van der Waals surface area contributed by atoms with Gasteiger partial charge in [0, 0.05) is 27.3 Å². The third kappa shape index (κ3) is 3.86. The minimum absolute atomic E-state index is 0.365. The van der Waals surface area contributed by atoms with Crippen LogP contribution in [0.2, 0.25) is 0 Å². The molecule has 3 heteroatoms. The summed E-state index contributed by atoms with van der Waals surface area (Å²) in [5, 5.41) is 3.55. The standard InChI is InChI=1S/C13H22BrNS/c1-9(2)13(4,5)8-15-7-11-6-12(14)10(3)16-11/h6,9,15H,7-8H2,1-5H3. The Labute approximate surface area is 112 Å². The van der Waals surface area contributed by atoms with Crippen molar-refractivity contribution < 1.29 is 0 Å². The summed E-state index contributed by atoms with van der Waals surface area (Å²) in [6.07, 6.45) is 0. The predicted octanol–water partition coefficient (Wildman–Crippen LogP) is 4.59. The normalized spacial score (nSPS) is 12.4. The SMILES string of the molecule is Cc1sc(CNCC(C)(C)C(C)C)cc1Br. The smallest absolute Gasteiger partial charge is 0.0314 e. The van der Waals surface area contributed by atoms with E-state index in [1.165, 1.54) is 14.2 Å². The number of nitrogens with one attached hydrogen (secondary N) is 1. The van der Waals surface area contributed by atoms with Gasteiger partial charge >= 0.3 is 0 Å². The predicted molar refractivity (Wildman–Crippen MR) is 77.1 cm³/mol. The van der Waals surface area contributed by atoms with E-state index < -0.39 is 0 Å². The Morgan fingerprint density at radius 2 is 2.06 bits per heavy atom. The summed E-state index contributed by atoms with van der Waals surface area (Å²) >= 11 is 5.42. The molecule has 1 aromatic rings. The van der Waals surface area contributed by atoms with Gasteiger partial charge in [-0.25, -0.2) is 0 Å². The minimum atomic E-state index is 0.365. The van der Waals surface area contributed by atoms with Gasteiger partial charge in [0.1, 0.15) is 0 Å². The molecule has 0 bridgehead atoms. The summed E-state index contributed by atoms with van der Waals surface area (Å²) in [6, 6.07) is 2.22. The summed E-state index contributed by atoms with van der Waals surface area (Å²) in [4.78, 5) is 2.77. The Balaban J connectivity index is 2.41. The van der Waals surface area contributed by atoms with E-state index in [1.807, 2.05) is 11.3 Å². The van der Waals surface area contributed by atoms with Crippen molar-refractivity contribution >= 4 is 27.3 Å². The van der Waals surface area contributed by atoms with E-state index >= 15 is 0 Å². The van der Waals surface area contributed by atoms with Crippen LogP contribution in [0.25, 0.3) is 0 Å². The fourth-order valence-electron chi connectivity index (χ4n) is 1.32. The van der Waals surface area contributed by atoms with Gasteiger partial charge in [-0.3, -0.25) is 0 Å². The summed E-state index contributed by atoms with van der Waals surface area (Å²) in [5.74, 6) is 0.705. The van der Waals surface area contributed by atoms with Gasteiger partial charge < -0.3 is 5.32 Å². The highest BCUT2D eigenvalue weighted by molar-refractivity contribution is 9.10. The van der Waals surface area contributed by atoms with Crippen LogP contribution in [0, 0.1) is 18.3 Å². The molecule has 0 aliphatic heterocycles.